The van der Waals surface area contributed by atoms with Gasteiger partial charge in [0.25, 0.3) is 5.91 Å². The number of hydrogen-bond donors (Lipinski definition) is 3. The fourth-order valence-corrected chi connectivity index (χ4v) is 4.70. The third-order valence-corrected chi connectivity index (χ3v) is 6.41. The molecule has 0 aliphatic heterocycles. The van der Waals surface area contributed by atoms with Gasteiger partial charge in [-0.05, 0) is 41.3 Å². The van der Waals surface area contributed by atoms with E-state index in [1.807, 2.05) is 60.8 Å². The normalized spacial score (nSPS) is 12.9. The zero-order valence-corrected chi connectivity index (χ0v) is 19.5. The number of aromatic amines is 1. The maximum Gasteiger partial charge on any atom is 0.252 e. The lowest BCUT2D eigenvalue weighted by Gasteiger charge is -2.42. The number of carbonyl (C=O) groups is 2. The predicted molar refractivity (Wildman–Crippen MR) is 135 cm³/mol. The molecule has 0 aliphatic carbocycles. The number of amides is 2. The summed E-state index contributed by atoms with van der Waals surface area (Å²) in [6.45, 7) is 0.424. The Morgan fingerprint density at radius 2 is 1.56 bits per heavy atom. The zero-order valence-electron chi connectivity index (χ0n) is 18.7. The molecular formula is C27H27ClN4O2. The number of nitrogens with two attached hydrogens (primary N) is 2. The van der Waals surface area contributed by atoms with E-state index in [0.717, 1.165) is 16.5 Å². The van der Waals surface area contributed by atoms with Gasteiger partial charge >= 0.3 is 0 Å². The van der Waals surface area contributed by atoms with E-state index in [2.05, 4.69) is 4.98 Å². The summed E-state index contributed by atoms with van der Waals surface area (Å²) in [6.07, 6.45) is 2.55. The highest BCUT2D eigenvalue weighted by Crippen LogP contribution is 2.37. The molecule has 0 radical (unpaired) electrons. The average Bonchev–Trinajstić information content (AvgIpc) is 3.26. The lowest BCUT2D eigenvalue weighted by atomic mass is 9.79. The Bertz CT molecular complexity index is 1290. The zero-order chi connectivity index (χ0) is 24.1. The van der Waals surface area contributed by atoms with E-state index in [9.17, 15) is 9.59 Å². The molecule has 3 aromatic carbocycles. The van der Waals surface area contributed by atoms with Crippen molar-refractivity contribution in [3.8, 4) is 0 Å². The molecule has 174 valence electrons. The summed E-state index contributed by atoms with van der Waals surface area (Å²) in [6, 6.07) is 24.0. The first-order chi connectivity index (χ1) is 16.5. The standard InChI is InChI=1S/C27H27ClN4O2/c28-22-12-10-21(11-13-22)27(26(30)34,20-6-2-1-3-7-20)32(25(33)14-16-29)17-15-19-18-31-24-9-5-4-8-23(19)24/h1-13,18,31H,14-17,29H2,(H2,30,34). The van der Waals surface area contributed by atoms with Crippen molar-refractivity contribution in [2.75, 3.05) is 13.1 Å². The molecule has 1 atom stereocenters. The van der Waals surface area contributed by atoms with Crippen molar-refractivity contribution >= 4 is 34.3 Å². The highest BCUT2D eigenvalue weighted by Gasteiger charge is 2.48. The van der Waals surface area contributed by atoms with Crippen LogP contribution in [0.15, 0.2) is 85.1 Å². The summed E-state index contributed by atoms with van der Waals surface area (Å²) in [7, 11) is 0. The van der Waals surface area contributed by atoms with E-state index >= 15 is 0 Å². The number of aromatic nitrogens is 1. The molecule has 0 spiro atoms. The summed E-state index contributed by atoms with van der Waals surface area (Å²) < 4.78 is 0. The van der Waals surface area contributed by atoms with Gasteiger partial charge in [-0.2, -0.15) is 0 Å². The number of para-hydroxylation sites is 1. The summed E-state index contributed by atoms with van der Waals surface area (Å²) in [5.74, 6) is -0.898. The predicted octanol–water partition coefficient (Wildman–Crippen LogP) is 3.97. The molecule has 34 heavy (non-hydrogen) atoms. The lowest BCUT2D eigenvalue weighted by molar-refractivity contribution is -0.144. The summed E-state index contributed by atoms with van der Waals surface area (Å²) in [5.41, 5.74) is 13.6. The number of nitrogens with one attached hydrogen (secondary N) is 1. The number of fused-ring (bicyclic) bond motifs is 1. The first-order valence-electron chi connectivity index (χ1n) is 11.2. The van der Waals surface area contributed by atoms with Gasteiger partial charge in [-0.15, -0.1) is 0 Å². The number of halogens is 1. The molecule has 0 fully saturated rings. The Morgan fingerprint density at radius 1 is 0.912 bits per heavy atom. The van der Waals surface area contributed by atoms with Gasteiger partial charge in [0.2, 0.25) is 5.91 Å². The van der Waals surface area contributed by atoms with Gasteiger partial charge in [0, 0.05) is 41.6 Å². The van der Waals surface area contributed by atoms with Gasteiger partial charge in [-0.3, -0.25) is 9.59 Å². The average molecular weight is 475 g/mol. The van der Waals surface area contributed by atoms with Crippen LogP contribution in [0.5, 0.6) is 0 Å². The lowest BCUT2D eigenvalue weighted by Crippen LogP contribution is -2.58. The van der Waals surface area contributed by atoms with E-state index in [-0.39, 0.29) is 25.4 Å². The number of primary amides is 1. The molecule has 0 aliphatic rings. The fraction of sp³-hybridized carbons (Fsp3) is 0.185. The van der Waals surface area contributed by atoms with Crippen LogP contribution in [0, 0.1) is 0 Å². The fourth-order valence-electron chi connectivity index (χ4n) is 4.57. The SMILES string of the molecule is NCCC(=O)N(CCc1c[nH]c2ccccc12)C(C(N)=O)(c1ccccc1)c1ccc(Cl)cc1. The Kier molecular flexibility index (Phi) is 7.01. The number of carbonyl (C=O) groups excluding carboxylic acids is 2. The van der Waals surface area contributed by atoms with Crippen molar-refractivity contribution < 1.29 is 9.59 Å². The maximum absolute atomic E-state index is 13.5. The van der Waals surface area contributed by atoms with Crippen molar-refractivity contribution in [1.82, 2.24) is 9.88 Å². The number of nitrogens with zero attached hydrogens (tertiary/aromatic N) is 1. The maximum atomic E-state index is 13.5. The van der Waals surface area contributed by atoms with E-state index in [4.69, 9.17) is 23.1 Å². The molecule has 0 saturated heterocycles. The second-order valence-corrected chi connectivity index (χ2v) is 8.58. The third-order valence-electron chi connectivity index (χ3n) is 6.15. The molecule has 2 amide bonds. The minimum Gasteiger partial charge on any atom is -0.367 e. The topological polar surface area (TPSA) is 105 Å². The second-order valence-electron chi connectivity index (χ2n) is 8.14. The van der Waals surface area contributed by atoms with Gasteiger partial charge in [0.15, 0.2) is 5.54 Å². The van der Waals surface area contributed by atoms with E-state index < -0.39 is 11.4 Å². The van der Waals surface area contributed by atoms with Crippen molar-refractivity contribution in [2.45, 2.75) is 18.4 Å². The number of benzene rings is 3. The van der Waals surface area contributed by atoms with Gasteiger partial charge in [0.1, 0.15) is 0 Å². The first-order valence-corrected chi connectivity index (χ1v) is 11.5. The van der Waals surface area contributed by atoms with Crippen LogP contribution >= 0.6 is 11.6 Å². The Morgan fingerprint density at radius 3 is 2.24 bits per heavy atom. The highest BCUT2D eigenvalue weighted by atomic mass is 35.5. The molecule has 6 nitrogen and oxygen atoms in total. The molecule has 4 rings (SSSR count). The second kappa shape index (κ2) is 10.1. The van der Waals surface area contributed by atoms with Gasteiger partial charge < -0.3 is 21.4 Å². The largest absolute Gasteiger partial charge is 0.367 e. The van der Waals surface area contributed by atoms with Gasteiger partial charge in [-0.25, -0.2) is 0 Å². The number of H-pyrrole nitrogens is 1. The third kappa shape index (κ3) is 4.30. The Hall–Kier alpha value is -3.61. The van der Waals surface area contributed by atoms with Gasteiger partial charge in [-0.1, -0.05) is 72.3 Å². The molecule has 1 unspecified atom stereocenters. The van der Waals surface area contributed by atoms with E-state index in [1.54, 1.807) is 29.2 Å². The first kappa shape index (κ1) is 23.5. The molecule has 5 N–H and O–H groups in total. The van der Waals surface area contributed by atoms with Crippen LogP contribution in [-0.4, -0.2) is 34.8 Å². The summed E-state index contributed by atoms with van der Waals surface area (Å²) in [4.78, 5) is 31.8. The minimum absolute atomic E-state index is 0.0866. The van der Waals surface area contributed by atoms with Gasteiger partial charge in [0.05, 0.1) is 0 Å². The van der Waals surface area contributed by atoms with Crippen LogP contribution in [0.2, 0.25) is 5.02 Å². The summed E-state index contributed by atoms with van der Waals surface area (Å²) in [5, 5.41) is 1.60. The molecule has 0 saturated carbocycles. The van der Waals surface area contributed by atoms with Crippen LogP contribution in [0.3, 0.4) is 0 Å². The molecule has 0 bridgehead atoms. The number of rotatable bonds is 9. The van der Waals surface area contributed by atoms with Crippen molar-refractivity contribution in [2.24, 2.45) is 11.5 Å². The monoisotopic (exact) mass is 474 g/mol. The molecular weight excluding hydrogens is 448 g/mol. The Labute approximate surface area is 203 Å². The van der Waals surface area contributed by atoms with Crippen LogP contribution in [0.25, 0.3) is 10.9 Å². The van der Waals surface area contributed by atoms with Crippen LogP contribution in [0.4, 0.5) is 0 Å². The smallest absolute Gasteiger partial charge is 0.252 e. The molecule has 7 heteroatoms. The van der Waals surface area contributed by atoms with Crippen molar-refractivity contribution in [1.29, 1.82) is 0 Å². The van der Waals surface area contributed by atoms with Crippen molar-refractivity contribution in [3.05, 3.63) is 107 Å². The number of hydrogen-bond acceptors (Lipinski definition) is 3. The molecule has 1 aromatic heterocycles. The van der Waals surface area contributed by atoms with E-state index in [0.29, 0.717) is 22.6 Å². The van der Waals surface area contributed by atoms with Crippen molar-refractivity contribution in [3.63, 3.8) is 0 Å². The Balaban J connectivity index is 1.86. The summed E-state index contributed by atoms with van der Waals surface area (Å²) >= 11 is 6.15. The molecule has 1 heterocycles. The van der Waals surface area contributed by atoms with Crippen LogP contribution < -0.4 is 11.5 Å². The van der Waals surface area contributed by atoms with Crippen LogP contribution in [-0.2, 0) is 21.5 Å². The molecule has 4 aromatic rings. The highest BCUT2D eigenvalue weighted by molar-refractivity contribution is 6.30. The quantitative estimate of drug-likeness (QED) is 0.341. The van der Waals surface area contributed by atoms with E-state index in [1.165, 1.54) is 0 Å². The van der Waals surface area contributed by atoms with Crippen LogP contribution in [0.1, 0.15) is 23.1 Å². The minimum atomic E-state index is -1.52.